The molecule has 0 spiro atoms. The zero-order valence-corrected chi connectivity index (χ0v) is 19.2. The van der Waals surface area contributed by atoms with Gasteiger partial charge in [0, 0.05) is 44.0 Å². The first kappa shape index (κ1) is 23.2. The minimum Gasteiger partial charge on any atom is -0.371 e. The molecular formula is C23H28N4O5S. The summed E-state index contributed by atoms with van der Waals surface area (Å²) >= 11 is 0. The average Bonchev–Trinajstić information content (AvgIpc) is 2.85. The molecule has 0 unspecified atom stereocenters. The van der Waals surface area contributed by atoms with Gasteiger partial charge in [0.05, 0.1) is 21.1 Å². The van der Waals surface area contributed by atoms with Crippen LogP contribution in [0.4, 0.5) is 17.1 Å². The Balaban J connectivity index is 1.61. The topological polar surface area (TPSA) is 113 Å². The number of hydrogen-bond acceptors (Lipinski definition) is 6. The molecule has 2 aliphatic heterocycles. The number of hydrogen-bond donors (Lipinski definition) is 1. The second kappa shape index (κ2) is 9.88. The summed E-state index contributed by atoms with van der Waals surface area (Å²) in [4.78, 5) is 26.2. The molecule has 0 radical (unpaired) electrons. The molecule has 2 saturated heterocycles. The van der Waals surface area contributed by atoms with Crippen LogP contribution >= 0.6 is 0 Å². The van der Waals surface area contributed by atoms with Crippen molar-refractivity contribution in [2.24, 2.45) is 0 Å². The molecule has 0 aromatic heterocycles. The number of nitrogens with one attached hydrogen (secondary N) is 1. The summed E-state index contributed by atoms with van der Waals surface area (Å²) in [5, 5.41) is 14.1. The summed E-state index contributed by atoms with van der Waals surface area (Å²) in [5.41, 5.74) is 1.02. The third kappa shape index (κ3) is 5.17. The van der Waals surface area contributed by atoms with E-state index in [4.69, 9.17) is 0 Å². The van der Waals surface area contributed by atoms with Crippen LogP contribution in [0.3, 0.4) is 0 Å². The van der Waals surface area contributed by atoms with E-state index in [2.05, 4.69) is 10.2 Å². The number of nitrogens with zero attached hydrogens (tertiary/aromatic N) is 3. The molecule has 0 aliphatic carbocycles. The van der Waals surface area contributed by atoms with Crippen LogP contribution in [0.1, 0.15) is 48.9 Å². The van der Waals surface area contributed by atoms with Crippen LogP contribution in [-0.2, 0) is 10.0 Å². The molecule has 1 amide bonds. The Bertz CT molecular complexity index is 1140. The number of benzene rings is 2. The second-order valence-electron chi connectivity index (χ2n) is 8.45. The summed E-state index contributed by atoms with van der Waals surface area (Å²) in [6.07, 6.45) is 5.79. The molecule has 9 nitrogen and oxygen atoms in total. The highest BCUT2D eigenvalue weighted by Crippen LogP contribution is 2.29. The minimum absolute atomic E-state index is 0.123. The molecule has 0 atom stereocenters. The van der Waals surface area contributed by atoms with E-state index in [-0.39, 0.29) is 16.1 Å². The molecule has 1 N–H and O–H groups in total. The van der Waals surface area contributed by atoms with Crippen LogP contribution in [0, 0.1) is 10.1 Å². The smallest absolute Gasteiger partial charge is 0.270 e. The van der Waals surface area contributed by atoms with Crippen LogP contribution in [0.15, 0.2) is 47.4 Å². The van der Waals surface area contributed by atoms with Gasteiger partial charge in [-0.3, -0.25) is 14.9 Å². The molecule has 2 aromatic carbocycles. The molecular weight excluding hydrogens is 444 g/mol. The number of anilines is 2. The lowest BCUT2D eigenvalue weighted by Crippen LogP contribution is -2.35. The fourth-order valence-corrected chi connectivity index (χ4v) is 5.98. The third-order valence-corrected chi connectivity index (χ3v) is 8.07. The van der Waals surface area contributed by atoms with Crippen molar-refractivity contribution in [2.45, 2.75) is 43.4 Å². The van der Waals surface area contributed by atoms with E-state index in [9.17, 15) is 23.3 Å². The summed E-state index contributed by atoms with van der Waals surface area (Å²) in [5.74, 6) is -0.508. The van der Waals surface area contributed by atoms with E-state index in [0.29, 0.717) is 24.5 Å². The highest BCUT2D eigenvalue weighted by atomic mass is 32.2. The van der Waals surface area contributed by atoms with Gasteiger partial charge in [-0.25, -0.2) is 8.42 Å². The van der Waals surface area contributed by atoms with Crippen molar-refractivity contribution < 1.29 is 18.1 Å². The lowest BCUT2D eigenvalue weighted by atomic mass is 10.1. The van der Waals surface area contributed by atoms with Gasteiger partial charge < -0.3 is 10.2 Å². The minimum atomic E-state index is -3.64. The van der Waals surface area contributed by atoms with Gasteiger partial charge in [0.1, 0.15) is 0 Å². The molecule has 33 heavy (non-hydrogen) atoms. The number of nitro groups is 1. The van der Waals surface area contributed by atoms with Crippen molar-refractivity contribution in [3.05, 3.63) is 58.1 Å². The second-order valence-corrected chi connectivity index (χ2v) is 10.4. The summed E-state index contributed by atoms with van der Waals surface area (Å²) in [6.45, 7) is 2.54. The maximum Gasteiger partial charge on any atom is 0.270 e. The fraction of sp³-hybridized carbons (Fsp3) is 0.435. The zero-order valence-electron chi connectivity index (χ0n) is 18.4. The SMILES string of the molecule is O=C(Nc1cccc(S(=O)(=O)N2CCCCC2)c1)c1cc([N+](=O)[O-])ccc1N1CCCCC1. The monoisotopic (exact) mass is 472 g/mol. The van der Waals surface area contributed by atoms with Crippen molar-refractivity contribution in [3.8, 4) is 0 Å². The summed E-state index contributed by atoms with van der Waals surface area (Å²) in [6, 6.07) is 10.5. The van der Waals surface area contributed by atoms with Crippen LogP contribution in [0.5, 0.6) is 0 Å². The fourth-order valence-electron chi connectivity index (χ4n) is 4.42. The lowest BCUT2D eigenvalue weighted by molar-refractivity contribution is -0.384. The molecule has 176 valence electrons. The molecule has 2 aliphatic rings. The molecule has 0 bridgehead atoms. The number of sulfonamides is 1. The van der Waals surface area contributed by atoms with E-state index >= 15 is 0 Å². The first-order chi connectivity index (χ1) is 15.9. The van der Waals surface area contributed by atoms with E-state index in [0.717, 1.165) is 51.6 Å². The number of carbonyl (C=O) groups excluding carboxylic acids is 1. The van der Waals surface area contributed by atoms with Gasteiger partial charge in [0.2, 0.25) is 10.0 Å². The quantitative estimate of drug-likeness (QED) is 0.502. The molecule has 0 saturated carbocycles. The van der Waals surface area contributed by atoms with Crippen LogP contribution in [0.2, 0.25) is 0 Å². The number of amides is 1. The third-order valence-electron chi connectivity index (χ3n) is 6.18. The molecule has 2 fully saturated rings. The van der Waals surface area contributed by atoms with Gasteiger partial charge in [0.25, 0.3) is 11.6 Å². The maximum atomic E-state index is 13.2. The Labute approximate surface area is 193 Å². The highest BCUT2D eigenvalue weighted by Gasteiger charge is 2.27. The van der Waals surface area contributed by atoms with E-state index in [1.165, 1.54) is 28.6 Å². The molecule has 2 heterocycles. The summed E-state index contributed by atoms with van der Waals surface area (Å²) in [7, 11) is -3.64. The van der Waals surface area contributed by atoms with Crippen molar-refractivity contribution in [2.75, 3.05) is 36.4 Å². The van der Waals surface area contributed by atoms with Crippen molar-refractivity contribution in [1.29, 1.82) is 0 Å². The lowest BCUT2D eigenvalue weighted by Gasteiger charge is -2.30. The first-order valence-electron chi connectivity index (χ1n) is 11.3. The van der Waals surface area contributed by atoms with Crippen LogP contribution in [0.25, 0.3) is 0 Å². The zero-order chi connectivity index (χ0) is 23.4. The average molecular weight is 473 g/mol. The number of rotatable bonds is 6. The highest BCUT2D eigenvalue weighted by molar-refractivity contribution is 7.89. The van der Waals surface area contributed by atoms with Crippen molar-refractivity contribution in [1.82, 2.24) is 4.31 Å². The standard InChI is InChI=1S/C23H28N4O5S/c28-23(21-17-19(27(29)30)10-11-22(21)25-12-3-1-4-13-25)24-18-8-7-9-20(16-18)33(31,32)26-14-5-2-6-15-26/h7-11,16-17H,1-6,12-15H2,(H,24,28). The Kier molecular flexibility index (Phi) is 6.94. The van der Waals surface area contributed by atoms with Crippen molar-refractivity contribution in [3.63, 3.8) is 0 Å². The van der Waals surface area contributed by atoms with Crippen LogP contribution in [-0.4, -0.2) is 49.7 Å². The van der Waals surface area contributed by atoms with Crippen LogP contribution < -0.4 is 10.2 Å². The predicted octanol–water partition coefficient (Wildman–Crippen LogP) is 4.01. The Hall–Kier alpha value is -2.98. The van der Waals surface area contributed by atoms with Gasteiger partial charge >= 0.3 is 0 Å². The number of nitro benzene ring substituents is 1. The van der Waals surface area contributed by atoms with Gasteiger partial charge in [-0.15, -0.1) is 0 Å². The number of non-ortho nitro benzene ring substituents is 1. The molecule has 10 heteroatoms. The molecule has 4 rings (SSSR count). The van der Waals surface area contributed by atoms with Gasteiger partial charge in [-0.1, -0.05) is 12.5 Å². The number of carbonyl (C=O) groups is 1. The Morgan fingerprint density at radius 1 is 0.909 bits per heavy atom. The van der Waals surface area contributed by atoms with Gasteiger partial charge in [-0.05, 0) is 56.4 Å². The number of piperidine rings is 2. The first-order valence-corrected chi connectivity index (χ1v) is 12.8. The van der Waals surface area contributed by atoms with E-state index < -0.39 is 20.9 Å². The summed E-state index contributed by atoms with van der Waals surface area (Å²) < 4.78 is 27.5. The van der Waals surface area contributed by atoms with Gasteiger partial charge in [0.15, 0.2) is 0 Å². The predicted molar refractivity (Wildman–Crippen MR) is 126 cm³/mol. The van der Waals surface area contributed by atoms with Crippen molar-refractivity contribution >= 4 is 33.0 Å². The largest absolute Gasteiger partial charge is 0.371 e. The Morgan fingerprint density at radius 3 is 2.24 bits per heavy atom. The maximum absolute atomic E-state index is 13.2. The van der Waals surface area contributed by atoms with E-state index in [1.54, 1.807) is 18.2 Å². The molecule has 2 aromatic rings. The van der Waals surface area contributed by atoms with E-state index in [1.807, 2.05) is 0 Å². The Morgan fingerprint density at radius 2 is 1.58 bits per heavy atom. The van der Waals surface area contributed by atoms with Gasteiger partial charge in [-0.2, -0.15) is 4.31 Å². The normalized spacial score (nSPS) is 17.5.